The number of hydrogen-bond acceptors (Lipinski definition) is 5. The molecule has 0 atom stereocenters. The van der Waals surface area contributed by atoms with Gasteiger partial charge in [0, 0.05) is 25.0 Å². The molecule has 4 aromatic rings. The Balaban J connectivity index is 1.42. The number of pyridine rings is 1. The third-order valence-corrected chi connectivity index (χ3v) is 6.01. The first-order chi connectivity index (χ1) is 15.6. The fraction of sp³-hybridized carbons (Fsp3) is 0.375. The molecule has 7 nitrogen and oxygen atoms in total. The van der Waals surface area contributed by atoms with Gasteiger partial charge in [-0.15, -0.1) is 0 Å². The van der Waals surface area contributed by atoms with Crippen molar-refractivity contribution in [3.8, 4) is 11.6 Å². The minimum Gasteiger partial charge on any atom is -0.487 e. The molecule has 0 radical (unpaired) electrons. The van der Waals surface area contributed by atoms with E-state index in [1.54, 1.807) is 24.5 Å². The number of aromatic nitrogens is 5. The van der Waals surface area contributed by atoms with E-state index in [0.717, 1.165) is 60.5 Å². The molecule has 8 heteroatoms. The van der Waals surface area contributed by atoms with E-state index in [1.165, 1.54) is 6.07 Å². The van der Waals surface area contributed by atoms with Gasteiger partial charge in [0.1, 0.15) is 12.1 Å². The average Bonchev–Trinajstić information content (AvgIpc) is 3.39. The lowest BCUT2D eigenvalue weighted by Crippen LogP contribution is -2.26. The molecule has 32 heavy (non-hydrogen) atoms. The van der Waals surface area contributed by atoms with Gasteiger partial charge in [-0.1, -0.05) is 12.1 Å². The summed E-state index contributed by atoms with van der Waals surface area (Å²) in [5.41, 5.74) is 1.99. The van der Waals surface area contributed by atoms with Gasteiger partial charge in [0.2, 0.25) is 0 Å². The zero-order chi connectivity index (χ0) is 22.1. The Kier molecular flexibility index (Phi) is 5.51. The highest BCUT2D eigenvalue weighted by Gasteiger charge is 2.27. The van der Waals surface area contributed by atoms with E-state index in [1.807, 2.05) is 23.9 Å². The predicted molar refractivity (Wildman–Crippen MR) is 122 cm³/mol. The Bertz CT molecular complexity index is 1220. The second-order valence-electron chi connectivity index (χ2n) is 8.29. The Morgan fingerprint density at radius 2 is 1.97 bits per heavy atom. The largest absolute Gasteiger partial charge is 0.487 e. The van der Waals surface area contributed by atoms with Gasteiger partial charge >= 0.3 is 0 Å². The quantitative estimate of drug-likeness (QED) is 0.459. The molecular weight excluding hydrogens is 407 g/mol. The van der Waals surface area contributed by atoms with E-state index in [9.17, 15) is 4.39 Å². The maximum atomic E-state index is 14.0. The van der Waals surface area contributed by atoms with Crippen molar-refractivity contribution in [2.75, 3.05) is 11.9 Å². The van der Waals surface area contributed by atoms with Gasteiger partial charge in [0.15, 0.2) is 17.4 Å². The summed E-state index contributed by atoms with van der Waals surface area (Å²) < 4.78 is 24.0. The third kappa shape index (κ3) is 3.92. The molecule has 166 valence electrons. The van der Waals surface area contributed by atoms with Crippen LogP contribution in [0.2, 0.25) is 0 Å². The van der Waals surface area contributed by atoms with E-state index in [-0.39, 0.29) is 18.0 Å². The van der Waals surface area contributed by atoms with Gasteiger partial charge in [-0.25, -0.2) is 14.4 Å². The van der Waals surface area contributed by atoms with Crippen LogP contribution in [-0.2, 0) is 0 Å². The highest BCUT2D eigenvalue weighted by Crippen LogP contribution is 2.35. The van der Waals surface area contributed by atoms with Crippen molar-refractivity contribution in [3.63, 3.8) is 0 Å². The smallest absolute Gasteiger partial charge is 0.169 e. The lowest BCUT2D eigenvalue weighted by Gasteiger charge is -2.29. The second kappa shape index (κ2) is 8.61. The third-order valence-electron chi connectivity index (χ3n) is 6.01. The van der Waals surface area contributed by atoms with Crippen LogP contribution in [0.3, 0.4) is 0 Å². The number of anilines is 1. The lowest BCUT2D eigenvalue weighted by atomic mass is 9.93. The van der Waals surface area contributed by atoms with Crippen molar-refractivity contribution in [3.05, 3.63) is 60.6 Å². The van der Waals surface area contributed by atoms with Crippen LogP contribution in [0, 0.1) is 12.7 Å². The van der Waals surface area contributed by atoms with Crippen LogP contribution in [-0.4, -0.2) is 37.0 Å². The van der Waals surface area contributed by atoms with E-state index in [4.69, 9.17) is 9.84 Å². The standard InChI is InChI=1S/C24H27FN6O/c1-3-26-23-12-21-19(13-27-23)24(30-14-16(2)28-15-30)29-31(21)17-8-10-18(11-9-17)32-22-7-5-4-6-20(22)25/h4-7,12-15,17-18H,3,8-11H2,1-2H3,(H,26,27). The molecule has 1 saturated carbocycles. The number of nitrogens with zero attached hydrogens (tertiary/aromatic N) is 5. The molecule has 5 rings (SSSR count). The van der Waals surface area contributed by atoms with Crippen molar-refractivity contribution in [2.45, 2.75) is 51.7 Å². The fourth-order valence-corrected chi connectivity index (χ4v) is 4.43. The van der Waals surface area contributed by atoms with Gasteiger partial charge in [0.05, 0.1) is 28.7 Å². The molecule has 0 amide bonds. The fourth-order valence-electron chi connectivity index (χ4n) is 4.43. The Morgan fingerprint density at radius 3 is 2.69 bits per heavy atom. The lowest BCUT2D eigenvalue weighted by molar-refractivity contribution is 0.126. The number of imidazole rings is 1. The molecule has 0 unspecified atom stereocenters. The van der Waals surface area contributed by atoms with E-state index >= 15 is 0 Å². The minimum absolute atomic E-state index is 0.0136. The summed E-state index contributed by atoms with van der Waals surface area (Å²) in [6, 6.07) is 8.92. The average molecular weight is 435 g/mol. The summed E-state index contributed by atoms with van der Waals surface area (Å²) in [7, 11) is 0. The molecule has 3 heterocycles. The number of aryl methyl sites for hydroxylation is 1. The van der Waals surface area contributed by atoms with Crippen LogP contribution < -0.4 is 10.1 Å². The molecular formula is C24H27FN6O. The summed E-state index contributed by atoms with van der Waals surface area (Å²) >= 11 is 0. The Morgan fingerprint density at radius 1 is 1.16 bits per heavy atom. The van der Waals surface area contributed by atoms with Gasteiger partial charge < -0.3 is 10.1 Å². The van der Waals surface area contributed by atoms with Crippen LogP contribution in [0.5, 0.6) is 5.75 Å². The summed E-state index contributed by atoms with van der Waals surface area (Å²) in [5, 5.41) is 9.28. The molecule has 1 N–H and O–H groups in total. The molecule has 1 fully saturated rings. The van der Waals surface area contributed by atoms with Gasteiger partial charge in [-0.3, -0.25) is 9.25 Å². The molecule has 0 aliphatic heterocycles. The molecule has 0 saturated heterocycles. The van der Waals surface area contributed by atoms with Crippen molar-refractivity contribution in [1.29, 1.82) is 0 Å². The SMILES string of the molecule is CCNc1cc2c(cn1)c(-n1cnc(C)c1)nn2C1CCC(Oc2ccccc2F)CC1. The molecule has 1 aromatic carbocycles. The van der Waals surface area contributed by atoms with Gasteiger partial charge in [0.25, 0.3) is 0 Å². The first-order valence-electron chi connectivity index (χ1n) is 11.2. The number of nitrogens with one attached hydrogen (secondary N) is 1. The zero-order valence-corrected chi connectivity index (χ0v) is 18.3. The van der Waals surface area contributed by atoms with Gasteiger partial charge in [-0.05, 0) is 51.7 Å². The van der Waals surface area contributed by atoms with Crippen molar-refractivity contribution >= 4 is 16.7 Å². The van der Waals surface area contributed by atoms with Crippen LogP contribution in [0.15, 0.2) is 49.1 Å². The van der Waals surface area contributed by atoms with Gasteiger partial charge in [-0.2, -0.15) is 5.10 Å². The van der Waals surface area contributed by atoms with Crippen molar-refractivity contribution in [2.24, 2.45) is 0 Å². The Labute approximate surface area is 186 Å². The maximum absolute atomic E-state index is 14.0. The summed E-state index contributed by atoms with van der Waals surface area (Å²) in [6.45, 7) is 4.83. The summed E-state index contributed by atoms with van der Waals surface area (Å²) in [4.78, 5) is 8.92. The van der Waals surface area contributed by atoms with Crippen LogP contribution in [0.1, 0.15) is 44.3 Å². The van der Waals surface area contributed by atoms with Crippen LogP contribution in [0.25, 0.3) is 16.7 Å². The number of halogens is 1. The van der Waals surface area contributed by atoms with Crippen LogP contribution in [0.4, 0.5) is 10.2 Å². The molecule has 1 aliphatic carbocycles. The molecule has 1 aliphatic rings. The first-order valence-corrected chi connectivity index (χ1v) is 11.2. The molecule has 0 spiro atoms. The number of ether oxygens (including phenoxy) is 1. The van der Waals surface area contributed by atoms with E-state index in [2.05, 4.69) is 33.0 Å². The Hall–Kier alpha value is -3.42. The number of rotatable bonds is 6. The normalized spacial score (nSPS) is 18.7. The van der Waals surface area contributed by atoms with Crippen molar-refractivity contribution in [1.82, 2.24) is 24.3 Å². The molecule has 0 bridgehead atoms. The van der Waals surface area contributed by atoms with Crippen LogP contribution >= 0.6 is 0 Å². The topological polar surface area (TPSA) is 69.8 Å². The van der Waals surface area contributed by atoms with Crippen molar-refractivity contribution < 1.29 is 9.13 Å². The number of benzene rings is 1. The molecule has 3 aromatic heterocycles. The monoisotopic (exact) mass is 434 g/mol. The highest BCUT2D eigenvalue weighted by molar-refractivity contribution is 5.87. The summed E-state index contributed by atoms with van der Waals surface area (Å²) in [5.74, 6) is 1.70. The zero-order valence-electron chi connectivity index (χ0n) is 18.3. The minimum atomic E-state index is -0.309. The number of para-hydroxylation sites is 1. The predicted octanol–water partition coefficient (Wildman–Crippen LogP) is 5.06. The highest BCUT2D eigenvalue weighted by atomic mass is 19.1. The van der Waals surface area contributed by atoms with E-state index < -0.39 is 0 Å². The number of hydrogen-bond donors (Lipinski definition) is 1. The summed E-state index contributed by atoms with van der Waals surface area (Å²) in [6.07, 6.45) is 9.20. The maximum Gasteiger partial charge on any atom is 0.169 e. The van der Waals surface area contributed by atoms with E-state index in [0.29, 0.717) is 5.75 Å². The number of fused-ring (bicyclic) bond motifs is 1. The first kappa shape index (κ1) is 20.5. The second-order valence-corrected chi connectivity index (χ2v) is 8.29.